The summed E-state index contributed by atoms with van der Waals surface area (Å²) < 4.78 is 51.1. The Kier molecular flexibility index (Phi) is 6.36. The largest absolute Gasteiger partial charge is 0.274 e. The third-order valence-corrected chi connectivity index (χ3v) is 8.22. The molecule has 2 amide bonds. The summed E-state index contributed by atoms with van der Waals surface area (Å²) in [6, 6.07) is 20.1. The van der Waals surface area contributed by atoms with E-state index in [9.17, 15) is 26.4 Å². The van der Waals surface area contributed by atoms with Gasteiger partial charge in [-0.1, -0.05) is 48.5 Å². The van der Waals surface area contributed by atoms with Gasteiger partial charge in [0.15, 0.2) is 0 Å². The van der Waals surface area contributed by atoms with Gasteiger partial charge < -0.3 is 0 Å². The van der Waals surface area contributed by atoms with E-state index in [-0.39, 0.29) is 28.4 Å². The highest BCUT2D eigenvalue weighted by Gasteiger charge is 2.47. The first-order valence-electron chi connectivity index (χ1n) is 10.2. The Morgan fingerprint density at radius 3 is 1.91 bits per heavy atom. The number of rotatable bonds is 7. The first-order chi connectivity index (χ1) is 16.1. The third-order valence-electron chi connectivity index (χ3n) is 5.42. The van der Waals surface area contributed by atoms with Gasteiger partial charge in [-0.15, -0.1) is 0 Å². The van der Waals surface area contributed by atoms with Crippen molar-refractivity contribution in [2.75, 3.05) is 4.90 Å². The van der Waals surface area contributed by atoms with Crippen molar-refractivity contribution < 1.29 is 26.4 Å². The fourth-order valence-corrected chi connectivity index (χ4v) is 5.86. The van der Waals surface area contributed by atoms with Crippen molar-refractivity contribution in [1.82, 2.24) is 4.31 Å². The Balaban J connectivity index is 1.72. The van der Waals surface area contributed by atoms with Gasteiger partial charge in [0.1, 0.15) is 6.04 Å². The van der Waals surface area contributed by atoms with Gasteiger partial charge in [-0.05, 0) is 42.0 Å². The molecule has 0 bridgehead atoms. The molecule has 0 saturated carbocycles. The molecule has 34 heavy (non-hydrogen) atoms. The Morgan fingerprint density at radius 1 is 0.794 bits per heavy atom. The van der Waals surface area contributed by atoms with Crippen LogP contribution in [0.1, 0.15) is 12.0 Å². The van der Waals surface area contributed by atoms with Crippen LogP contribution in [0, 0.1) is 0 Å². The molecule has 1 atom stereocenters. The number of hydrogen-bond donors (Lipinski definition) is 1. The van der Waals surface area contributed by atoms with Gasteiger partial charge in [-0.3, -0.25) is 9.59 Å². The van der Waals surface area contributed by atoms with Crippen LogP contribution in [0.4, 0.5) is 5.69 Å². The zero-order valence-corrected chi connectivity index (χ0v) is 19.4. The highest BCUT2D eigenvalue weighted by Crippen LogP contribution is 2.31. The van der Waals surface area contributed by atoms with Crippen LogP contribution >= 0.6 is 0 Å². The van der Waals surface area contributed by atoms with Crippen molar-refractivity contribution >= 4 is 37.5 Å². The summed E-state index contributed by atoms with van der Waals surface area (Å²) >= 11 is 0. The second-order valence-electron chi connectivity index (χ2n) is 7.68. The van der Waals surface area contributed by atoms with Gasteiger partial charge in [0.2, 0.25) is 26.0 Å². The average Bonchev–Trinajstić information content (AvgIpc) is 3.11. The fourth-order valence-electron chi connectivity index (χ4n) is 3.75. The van der Waals surface area contributed by atoms with E-state index in [0.717, 1.165) is 9.21 Å². The van der Waals surface area contributed by atoms with Crippen LogP contribution < -0.4 is 10.0 Å². The van der Waals surface area contributed by atoms with Crippen molar-refractivity contribution in [1.29, 1.82) is 0 Å². The van der Waals surface area contributed by atoms with Crippen LogP contribution in [0.3, 0.4) is 0 Å². The minimum absolute atomic E-state index is 0.00198. The number of primary sulfonamides is 1. The molecule has 0 aliphatic carbocycles. The molecule has 1 unspecified atom stereocenters. The molecule has 3 aromatic carbocycles. The third kappa shape index (κ3) is 4.64. The maximum absolute atomic E-state index is 13.5. The van der Waals surface area contributed by atoms with Crippen molar-refractivity contribution in [3.63, 3.8) is 0 Å². The number of carbonyl (C=O) groups is 2. The zero-order chi connectivity index (χ0) is 24.5. The molecule has 1 aliphatic heterocycles. The van der Waals surface area contributed by atoms with E-state index in [1.807, 2.05) is 0 Å². The average molecular weight is 500 g/mol. The van der Waals surface area contributed by atoms with Gasteiger partial charge in [0.25, 0.3) is 5.91 Å². The normalized spacial score (nSPS) is 16.9. The number of carbonyl (C=O) groups excluding carboxylic acids is 2. The summed E-state index contributed by atoms with van der Waals surface area (Å²) in [5.41, 5.74) is 0.778. The van der Waals surface area contributed by atoms with E-state index in [4.69, 9.17) is 5.14 Å². The van der Waals surface area contributed by atoms with Gasteiger partial charge in [-0.2, -0.15) is 4.31 Å². The van der Waals surface area contributed by atoms with Crippen LogP contribution in [-0.2, 0) is 36.2 Å². The summed E-state index contributed by atoms with van der Waals surface area (Å²) in [6.07, 6.45) is -0.353. The summed E-state index contributed by atoms with van der Waals surface area (Å²) in [7, 11) is -8.09. The number of benzene rings is 3. The van der Waals surface area contributed by atoms with E-state index in [1.54, 1.807) is 48.5 Å². The number of nitrogens with zero attached hydrogens (tertiary/aromatic N) is 2. The first kappa shape index (κ1) is 23.8. The van der Waals surface area contributed by atoms with Crippen LogP contribution in [0.15, 0.2) is 94.7 Å². The summed E-state index contributed by atoms with van der Waals surface area (Å²) in [5, 5.41) is 5.10. The number of anilines is 1. The first-order valence-corrected chi connectivity index (χ1v) is 13.2. The molecule has 4 rings (SSSR count). The Bertz CT molecular complexity index is 1430. The number of nitrogens with two attached hydrogens (primary N) is 1. The molecular formula is C23H21N3O6S2. The maximum atomic E-state index is 13.5. The van der Waals surface area contributed by atoms with E-state index >= 15 is 0 Å². The van der Waals surface area contributed by atoms with Gasteiger partial charge in [0, 0.05) is 6.54 Å². The maximum Gasteiger partial charge on any atom is 0.252 e. The van der Waals surface area contributed by atoms with Gasteiger partial charge in [0.05, 0.1) is 21.9 Å². The molecule has 3 aromatic rings. The fraction of sp³-hybridized carbons (Fsp3) is 0.130. The zero-order valence-electron chi connectivity index (χ0n) is 17.8. The summed E-state index contributed by atoms with van der Waals surface area (Å²) in [4.78, 5) is 26.9. The smallest absolute Gasteiger partial charge is 0.252 e. The number of amides is 2. The van der Waals surface area contributed by atoms with Crippen LogP contribution in [0.5, 0.6) is 0 Å². The lowest BCUT2D eigenvalue weighted by atomic mass is 10.2. The standard InChI is InChI=1S/C23H21N3O6S2/c24-33(29,30)19-13-11-18(12-14-19)26-22(27)15-21(23(26)28)25(16-17-7-3-1-4-8-17)34(31,32)20-9-5-2-6-10-20/h1-14,21H,15-16H2,(H2,24,29,30). The molecule has 1 heterocycles. The minimum Gasteiger partial charge on any atom is -0.274 e. The molecular weight excluding hydrogens is 478 g/mol. The Hall–Kier alpha value is -3.38. The van der Waals surface area contributed by atoms with Crippen molar-refractivity contribution in [2.24, 2.45) is 5.14 Å². The van der Waals surface area contributed by atoms with Crippen molar-refractivity contribution in [3.05, 3.63) is 90.5 Å². The van der Waals surface area contributed by atoms with Crippen LogP contribution in [0.25, 0.3) is 0 Å². The molecule has 0 radical (unpaired) electrons. The highest BCUT2D eigenvalue weighted by molar-refractivity contribution is 7.89. The molecule has 1 fully saturated rings. The molecule has 9 nitrogen and oxygen atoms in total. The molecule has 1 saturated heterocycles. The summed E-state index contributed by atoms with van der Waals surface area (Å²) in [6.45, 7) is -0.111. The van der Waals surface area contributed by atoms with Gasteiger partial charge >= 0.3 is 0 Å². The van der Waals surface area contributed by atoms with E-state index in [2.05, 4.69) is 0 Å². The second-order valence-corrected chi connectivity index (χ2v) is 11.1. The van der Waals surface area contributed by atoms with E-state index in [1.165, 1.54) is 36.4 Å². The predicted molar refractivity (Wildman–Crippen MR) is 124 cm³/mol. The second kappa shape index (κ2) is 9.11. The topological polar surface area (TPSA) is 135 Å². The van der Waals surface area contributed by atoms with Crippen molar-refractivity contribution in [3.8, 4) is 0 Å². The number of imide groups is 1. The SMILES string of the molecule is NS(=O)(=O)c1ccc(N2C(=O)CC(N(Cc3ccccc3)S(=O)(=O)c3ccccc3)C2=O)cc1. The number of hydrogen-bond acceptors (Lipinski definition) is 6. The molecule has 1 aliphatic rings. The lowest BCUT2D eigenvalue weighted by Crippen LogP contribution is -2.45. The summed E-state index contributed by atoms with van der Waals surface area (Å²) in [5.74, 6) is -1.32. The molecule has 176 valence electrons. The van der Waals surface area contributed by atoms with Crippen LogP contribution in [-0.4, -0.2) is 39.0 Å². The van der Waals surface area contributed by atoms with Crippen molar-refractivity contribution in [2.45, 2.75) is 28.8 Å². The lowest BCUT2D eigenvalue weighted by Gasteiger charge is -2.27. The monoisotopic (exact) mass is 499 g/mol. The number of sulfonamides is 2. The highest BCUT2D eigenvalue weighted by atomic mass is 32.2. The lowest BCUT2D eigenvalue weighted by molar-refractivity contribution is -0.122. The molecule has 0 aromatic heterocycles. The predicted octanol–water partition coefficient (Wildman–Crippen LogP) is 1.86. The van der Waals surface area contributed by atoms with Crippen LogP contribution in [0.2, 0.25) is 0 Å². The molecule has 0 spiro atoms. The molecule has 11 heteroatoms. The Morgan fingerprint density at radius 2 is 1.35 bits per heavy atom. The van der Waals surface area contributed by atoms with E-state index < -0.39 is 37.9 Å². The minimum atomic E-state index is -4.13. The Labute approximate surface area is 197 Å². The quantitative estimate of drug-likeness (QED) is 0.493. The molecule has 2 N–H and O–H groups in total. The van der Waals surface area contributed by atoms with E-state index in [0.29, 0.717) is 5.56 Å². The van der Waals surface area contributed by atoms with Gasteiger partial charge in [-0.25, -0.2) is 26.9 Å².